The van der Waals surface area contributed by atoms with E-state index in [-0.39, 0.29) is 16.7 Å². The zero-order chi connectivity index (χ0) is 24.8. The summed E-state index contributed by atoms with van der Waals surface area (Å²) in [5.74, 6) is 3.41. The van der Waals surface area contributed by atoms with E-state index in [1.54, 1.807) is 24.8 Å². The minimum Gasteiger partial charge on any atom is -0.325 e. The number of rotatable bonds is 2. The van der Waals surface area contributed by atoms with Crippen molar-refractivity contribution in [3.05, 3.63) is 57.8 Å². The molecule has 2 aromatic heterocycles. The highest BCUT2D eigenvalue weighted by Crippen LogP contribution is 2.38. The van der Waals surface area contributed by atoms with Gasteiger partial charge in [-0.1, -0.05) is 11.2 Å². The maximum absolute atomic E-state index is 15.1. The second kappa shape index (κ2) is 8.32. The molecule has 1 aliphatic rings. The summed E-state index contributed by atoms with van der Waals surface area (Å²) in [7, 11) is 17.2. The summed E-state index contributed by atoms with van der Waals surface area (Å²) >= 11 is 0. The van der Waals surface area contributed by atoms with Gasteiger partial charge in [0.2, 0.25) is 0 Å². The van der Waals surface area contributed by atoms with Crippen LogP contribution in [0.5, 0.6) is 0 Å². The number of anilines is 2. The van der Waals surface area contributed by atoms with Crippen LogP contribution in [0, 0.1) is 40.2 Å². The van der Waals surface area contributed by atoms with Crippen LogP contribution in [0.25, 0.3) is 10.9 Å². The van der Waals surface area contributed by atoms with Crippen molar-refractivity contribution in [1.29, 1.82) is 5.26 Å². The van der Waals surface area contributed by atoms with E-state index in [0.717, 1.165) is 11.6 Å². The van der Waals surface area contributed by atoms with Crippen LogP contribution in [0.1, 0.15) is 31.5 Å². The van der Waals surface area contributed by atoms with Crippen molar-refractivity contribution in [2.75, 3.05) is 11.4 Å². The van der Waals surface area contributed by atoms with Crippen molar-refractivity contribution in [1.82, 2.24) is 14.5 Å². The third-order valence-electron chi connectivity index (χ3n) is 5.48. The smallest absolute Gasteiger partial charge is 0.325 e. The SMILES string of the molecule is [B]C([B])([B])n1c(=O)nc(N2CCCc3c2ccnc3C#CC(C)(C)C#N)c2c(F)c(F)ccc21. The van der Waals surface area contributed by atoms with Crippen LogP contribution >= 0.6 is 0 Å². The Kier molecular flexibility index (Phi) is 5.77. The summed E-state index contributed by atoms with van der Waals surface area (Å²) in [5.41, 5.74) is -0.0943. The lowest BCUT2D eigenvalue weighted by Crippen LogP contribution is -2.44. The number of benzene rings is 1. The quantitative estimate of drug-likeness (QED) is 0.443. The second-order valence-electron chi connectivity index (χ2n) is 8.60. The van der Waals surface area contributed by atoms with Gasteiger partial charge < -0.3 is 9.47 Å². The number of hydrogen-bond acceptors (Lipinski definition) is 5. The minimum atomic E-state index is -2.19. The van der Waals surface area contributed by atoms with Crippen LogP contribution in [0.4, 0.5) is 20.3 Å². The molecule has 6 nitrogen and oxygen atoms in total. The van der Waals surface area contributed by atoms with E-state index < -0.39 is 28.0 Å². The number of nitrogens with zero attached hydrogens (tertiary/aromatic N) is 5. The van der Waals surface area contributed by atoms with Gasteiger partial charge >= 0.3 is 5.69 Å². The molecule has 3 aromatic rings. The summed E-state index contributed by atoms with van der Waals surface area (Å²) < 4.78 is 30.1. The maximum atomic E-state index is 15.1. The molecule has 11 heteroatoms. The molecule has 3 heterocycles. The van der Waals surface area contributed by atoms with Gasteiger partial charge in [0.25, 0.3) is 0 Å². The highest BCUT2D eigenvalue weighted by Gasteiger charge is 2.29. The molecule has 4 rings (SSSR count). The summed E-state index contributed by atoms with van der Waals surface area (Å²) in [4.78, 5) is 22.8. The first-order valence-electron chi connectivity index (χ1n) is 10.4. The van der Waals surface area contributed by atoms with E-state index in [0.29, 0.717) is 35.3 Å². The molecule has 1 aliphatic heterocycles. The van der Waals surface area contributed by atoms with Gasteiger partial charge in [-0.3, -0.25) is 0 Å². The molecule has 0 saturated heterocycles. The topological polar surface area (TPSA) is 74.8 Å². The third kappa shape index (κ3) is 4.07. The first-order chi connectivity index (χ1) is 15.9. The van der Waals surface area contributed by atoms with Crippen molar-refractivity contribution in [2.24, 2.45) is 5.41 Å². The Hall–Kier alpha value is -3.59. The molecule has 1 aromatic carbocycles. The molecule has 0 N–H and O–H groups in total. The van der Waals surface area contributed by atoms with Crippen molar-refractivity contribution in [3.63, 3.8) is 0 Å². The zero-order valence-electron chi connectivity index (χ0n) is 18.6. The van der Waals surface area contributed by atoms with Gasteiger partial charge in [0.1, 0.15) is 11.1 Å². The van der Waals surface area contributed by atoms with E-state index >= 15 is 4.39 Å². The molecule has 0 spiro atoms. The fraction of sp³-hybridized carbons (Fsp3) is 0.304. The summed E-state index contributed by atoms with van der Waals surface area (Å²) in [5, 5.41) is 6.77. The Morgan fingerprint density at radius 3 is 2.59 bits per heavy atom. The molecule has 0 aliphatic carbocycles. The summed E-state index contributed by atoms with van der Waals surface area (Å²) in [6.07, 6.45) is 2.73. The van der Waals surface area contributed by atoms with Crippen molar-refractivity contribution < 1.29 is 8.78 Å². The largest absolute Gasteiger partial charge is 0.348 e. The number of fused-ring (bicyclic) bond motifs is 2. The molecule has 0 atom stereocenters. The first-order valence-corrected chi connectivity index (χ1v) is 10.4. The average molecular weight is 449 g/mol. The van der Waals surface area contributed by atoms with Crippen LogP contribution < -0.4 is 10.6 Å². The molecule has 0 amide bonds. The van der Waals surface area contributed by atoms with E-state index in [2.05, 4.69) is 27.9 Å². The normalized spacial score (nSPS) is 13.7. The predicted octanol–water partition coefficient (Wildman–Crippen LogP) is 2.13. The van der Waals surface area contributed by atoms with E-state index in [1.807, 2.05) is 0 Å². The van der Waals surface area contributed by atoms with Crippen LogP contribution in [0.15, 0.2) is 29.2 Å². The standard InChI is InChI=1S/C23H16B3F2N5O/c1-22(2,12-29)9-7-15-13-4-3-11-32(16(13)8-10-30-15)20-18-17(6-5-14(27)19(18)28)33(21(34)31-20)23(24,25)26/h5-6,8,10H,3-4,11H2,1-2H3. The first kappa shape index (κ1) is 23.6. The Bertz CT molecular complexity index is 1480. The lowest BCUT2D eigenvalue weighted by Gasteiger charge is -2.33. The number of nitriles is 1. The average Bonchev–Trinajstić information content (AvgIpc) is 2.78. The van der Waals surface area contributed by atoms with Crippen LogP contribution in [-0.2, 0) is 11.7 Å². The highest BCUT2D eigenvalue weighted by molar-refractivity contribution is 6.56. The van der Waals surface area contributed by atoms with Gasteiger partial charge in [0, 0.05) is 24.0 Å². The second-order valence-corrected chi connectivity index (χ2v) is 8.60. The molecule has 6 radical (unpaired) electrons. The Balaban J connectivity index is 1.99. The van der Waals surface area contributed by atoms with Crippen molar-refractivity contribution in [2.45, 2.75) is 31.9 Å². The van der Waals surface area contributed by atoms with Gasteiger partial charge in [-0.15, -0.1) is 0 Å². The lowest BCUT2D eigenvalue weighted by molar-refractivity contribution is 0.515. The Morgan fingerprint density at radius 1 is 1.18 bits per heavy atom. The molecule has 0 fully saturated rings. The molecular formula is C23H16B3F2N5O. The van der Waals surface area contributed by atoms with Crippen LogP contribution in [-0.4, -0.2) is 44.6 Å². The minimum absolute atomic E-state index is 0.0964. The van der Waals surface area contributed by atoms with Crippen molar-refractivity contribution in [3.8, 4) is 17.9 Å². The number of hydrogen-bond donors (Lipinski definition) is 0. The van der Waals surface area contributed by atoms with E-state index in [9.17, 15) is 14.4 Å². The molecular weight excluding hydrogens is 433 g/mol. The Morgan fingerprint density at radius 2 is 1.91 bits per heavy atom. The van der Waals surface area contributed by atoms with Gasteiger partial charge in [-0.2, -0.15) is 10.2 Å². The molecule has 0 unspecified atom stereocenters. The number of pyridine rings is 1. The predicted molar refractivity (Wildman–Crippen MR) is 127 cm³/mol. The summed E-state index contributed by atoms with van der Waals surface area (Å²) in [6, 6.07) is 5.84. The van der Waals surface area contributed by atoms with E-state index in [1.165, 1.54) is 12.3 Å². The fourth-order valence-corrected chi connectivity index (χ4v) is 3.90. The molecule has 0 bridgehead atoms. The van der Waals surface area contributed by atoms with Crippen molar-refractivity contribution >= 4 is 45.9 Å². The molecule has 162 valence electrons. The highest BCUT2D eigenvalue weighted by atomic mass is 19.2. The fourth-order valence-electron chi connectivity index (χ4n) is 3.90. The monoisotopic (exact) mass is 449 g/mol. The zero-order valence-corrected chi connectivity index (χ0v) is 18.6. The molecule has 0 saturated carbocycles. The van der Waals surface area contributed by atoms with Gasteiger partial charge in [-0.25, -0.2) is 18.6 Å². The van der Waals surface area contributed by atoms with Gasteiger partial charge in [0.15, 0.2) is 17.5 Å². The lowest BCUT2D eigenvalue weighted by atomic mass is 9.49. The maximum Gasteiger partial charge on any atom is 0.348 e. The number of halogens is 2. The van der Waals surface area contributed by atoms with Crippen LogP contribution in [0.3, 0.4) is 0 Å². The molecule has 34 heavy (non-hydrogen) atoms. The van der Waals surface area contributed by atoms with Gasteiger partial charge in [-0.05, 0) is 50.8 Å². The third-order valence-corrected chi connectivity index (χ3v) is 5.48. The van der Waals surface area contributed by atoms with Crippen LogP contribution in [0.2, 0.25) is 0 Å². The van der Waals surface area contributed by atoms with E-state index in [4.69, 9.17) is 23.5 Å². The summed E-state index contributed by atoms with van der Waals surface area (Å²) in [6.45, 7) is 3.75. The number of aromatic nitrogens is 3. The van der Waals surface area contributed by atoms with Gasteiger partial charge in [0.05, 0.1) is 40.5 Å². The Labute approximate surface area is 199 Å².